The average molecular weight is 284 g/mol. The molecule has 4 nitrogen and oxygen atoms in total. The van der Waals surface area contributed by atoms with Gasteiger partial charge < -0.3 is 10.1 Å². The number of amides is 1. The van der Waals surface area contributed by atoms with Gasteiger partial charge in [0.15, 0.2) is 0 Å². The van der Waals surface area contributed by atoms with Crippen molar-refractivity contribution >= 4 is 23.2 Å². The summed E-state index contributed by atoms with van der Waals surface area (Å²) in [6.07, 6.45) is -0.437. The van der Waals surface area contributed by atoms with E-state index >= 15 is 0 Å². The minimum absolute atomic E-state index is 0.359. The zero-order valence-corrected chi connectivity index (χ0v) is 12.6. The molecule has 0 heterocycles. The van der Waals surface area contributed by atoms with Crippen LogP contribution in [0.5, 0.6) is 0 Å². The van der Waals surface area contributed by atoms with Gasteiger partial charge in [-0.25, -0.2) is 4.79 Å². The summed E-state index contributed by atoms with van der Waals surface area (Å²) in [6.45, 7) is 6.29. The molecule has 2 aromatic rings. The van der Waals surface area contributed by atoms with Crippen molar-refractivity contribution in [3.8, 4) is 0 Å². The number of hydrogen-bond acceptors (Lipinski definition) is 3. The molecule has 0 spiro atoms. The first kappa shape index (κ1) is 14.9. The van der Waals surface area contributed by atoms with Crippen LogP contribution in [0.2, 0.25) is 0 Å². The Labute approximate surface area is 125 Å². The summed E-state index contributed by atoms with van der Waals surface area (Å²) in [6, 6.07) is 13.8. The van der Waals surface area contributed by atoms with Crippen molar-refractivity contribution in [2.24, 2.45) is 0 Å². The molecule has 2 N–H and O–H groups in total. The molecule has 2 rings (SSSR count). The molecule has 0 saturated carbocycles. The first-order valence-electron chi connectivity index (χ1n) is 6.96. The number of ether oxygens (including phenoxy) is 1. The molecule has 0 atom stereocenters. The maximum Gasteiger partial charge on any atom is 0.411 e. The summed E-state index contributed by atoms with van der Waals surface area (Å²) < 4.78 is 4.83. The van der Waals surface area contributed by atoms with Crippen molar-refractivity contribution < 1.29 is 9.53 Å². The van der Waals surface area contributed by atoms with Crippen LogP contribution in [0.25, 0.3) is 0 Å². The highest BCUT2D eigenvalue weighted by molar-refractivity contribution is 5.85. The third kappa shape index (κ3) is 4.24. The first-order chi connectivity index (χ1) is 10.1. The second-order valence-electron chi connectivity index (χ2n) is 4.87. The Morgan fingerprint density at radius 3 is 2.33 bits per heavy atom. The van der Waals surface area contributed by atoms with E-state index in [1.807, 2.05) is 24.3 Å². The zero-order valence-electron chi connectivity index (χ0n) is 12.6. The number of rotatable bonds is 4. The number of carbonyl (C=O) groups excluding carboxylic acids is 1. The molecule has 4 heteroatoms. The topological polar surface area (TPSA) is 50.4 Å². The number of nitrogens with one attached hydrogen (secondary N) is 2. The summed E-state index contributed by atoms with van der Waals surface area (Å²) in [5.41, 5.74) is 5.19. The number of carbonyl (C=O) groups is 1. The smallest absolute Gasteiger partial charge is 0.411 e. The zero-order chi connectivity index (χ0) is 15.2. The van der Waals surface area contributed by atoms with Gasteiger partial charge in [-0.3, -0.25) is 5.32 Å². The summed E-state index contributed by atoms with van der Waals surface area (Å²) in [5, 5.41) is 6.02. The van der Waals surface area contributed by atoms with E-state index in [0.717, 1.165) is 11.4 Å². The van der Waals surface area contributed by atoms with E-state index in [2.05, 4.69) is 42.7 Å². The monoisotopic (exact) mass is 284 g/mol. The maximum atomic E-state index is 11.3. The van der Waals surface area contributed by atoms with Gasteiger partial charge in [-0.15, -0.1) is 0 Å². The van der Waals surface area contributed by atoms with Crippen LogP contribution in [-0.4, -0.2) is 12.7 Å². The fourth-order valence-corrected chi connectivity index (χ4v) is 2.03. The fourth-order valence-electron chi connectivity index (χ4n) is 2.03. The molecule has 0 aliphatic heterocycles. The van der Waals surface area contributed by atoms with Crippen LogP contribution < -0.4 is 10.6 Å². The van der Waals surface area contributed by atoms with Crippen molar-refractivity contribution in [1.82, 2.24) is 0 Å². The number of aryl methyl sites for hydroxylation is 2. The molecule has 0 aliphatic rings. The third-order valence-corrected chi connectivity index (χ3v) is 3.07. The van der Waals surface area contributed by atoms with Gasteiger partial charge in [0.1, 0.15) is 0 Å². The van der Waals surface area contributed by atoms with Crippen molar-refractivity contribution in [2.75, 3.05) is 17.2 Å². The van der Waals surface area contributed by atoms with E-state index in [9.17, 15) is 4.79 Å². The number of benzene rings is 2. The normalized spacial score (nSPS) is 10.0. The maximum absolute atomic E-state index is 11.3. The summed E-state index contributed by atoms with van der Waals surface area (Å²) in [4.78, 5) is 11.3. The van der Waals surface area contributed by atoms with Gasteiger partial charge in [0.25, 0.3) is 0 Å². The van der Waals surface area contributed by atoms with Crippen LogP contribution in [0.3, 0.4) is 0 Å². The molecule has 0 saturated heterocycles. The molecule has 0 unspecified atom stereocenters. The van der Waals surface area contributed by atoms with E-state index in [-0.39, 0.29) is 0 Å². The van der Waals surface area contributed by atoms with Gasteiger partial charge in [-0.05, 0) is 56.7 Å². The standard InChI is InChI=1S/C17H20N2O2/c1-4-21-17(20)19-15-8-6-14(7-9-15)18-16-10-5-12(2)11-13(16)3/h5-11,18H,4H2,1-3H3,(H,19,20). The molecular formula is C17H20N2O2. The molecule has 21 heavy (non-hydrogen) atoms. The van der Waals surface area contributed by atoms with Crippen LogP contribution in [0, 0.1) is 13.8 Å². The van der Waals surface area contributed by atoms with Gasteiger partial charge in [0.05, 0.1) is 6.61 Å². The summed E-state index contributed by atoms with van der Waals surface area (Å²) >= 11 is 0. The van der Waals surface area contributed by atoms with Gasteiger partial charge in [-0.2, -0.15) is 0 Å². The summed E-state index contributed by atoms with van der Waals surface area (Å²) in [7, 11) is 0. The van der Waals surface area contributed by atoms with Crippen LogP contribution in [0.4, 0.5) is 21.9 Å². The average Bonchev–Trinajstić information content (AvgIpc) is 2.44. The van der Waals surface area contributed by atoms with Crippen LogP contribution in [-0.2, 0) is 4.74 Å². The van der Waals surface area contributed by atoms with Crippen molar-refractivity contribution in [3.63, 3.8) is 0 Å². The lowest BCUT2D eigenvalue weighted by Gasteiger charge is -2.11. The largest absolute Gasteiger partial charge is 0.450 e. The second-order valence-corrected chi connectivity index (χ2v) is 4.87. The second kappa shape index (κ2) is 6.79. The summed E-state index contributed by atoms with van der Waals surface area (Å²) in [5.74, 6) is 0. The van der Waals surface area contributed by atoms with Crippen molar-refractivity contribution in [2.45, 2.75) is 20.8 Å². The lowest BCUT2D eigenvalue weighted by molar-refractivity contribution is 0.168. The highest BCUT2D eigenvalue weighted by atomic mass is 16.5. The van der Waals surface area contributed by atoms with Gasteiger partial charge in [0, 0.05) is 17.1 Å². The lowest BCUT2D eigenvalue weighted by atomic mass is 10.1. The Morgan fingerprint density at radius 1 is 1.05 bits per heavy atom. The van der Waals surface area contributed by atoms with Crippen LogP contribution >= 0.6 is 0 Å². The molecular weight excluding hydrogens is 264 g/mol. The predicted octanol–water partition coefficient (Wildman–Crippen LogP) is 4.62. The van der Waals surface area contributed by atoms with E-state index in [4.69, 9.17) is 4.74 Å². The van der Waals surface area contributed by atoms with E-state index in [0.29, 0.717) is 12.3 Å². The Bertz CT molecular complexity index is 621. The van der Waals surface area contributed by atoms with E-state index in [1.165, 1.54) is 11.1 Å². The highest BCUT2D eigenvalue weighted by Gasteiger charge is 2.03. The molecule has 0 aliphatic carbocycles. The predicted molar refractivity (Wildman–Crippen MR) is 86.3 cm³/mol. The Balaban J connectivity index is 2.03. The molecule has 2 aromatic carbocycles. The van der Waals surface area contributed by atoms with Gasteiger partial charge >= 0.3 is 6.09 Å². The van der Waals surface area contributed by atoms with Gasteiger partial charge in [0.2, 0.25) is 0 Å². The SMILES string of the molecule is CCOC(=O)Nc1ccc(Nc2ccc(C)cc2C)cc1. The molecule has 0 bridgehead atoms. The molecule has 0 aromatic heterocycles. The Hall–Kier alpha value is -2.49. The van der Waals surface area contributed by atoms with Crippen molar-refractivity contribution in [3.05, 3.63) is 53.6 Å². The van der Waals surface area contributed by atoms with Gasteiger partial charge in [-0.1, -0.05) is 17.7 Å². The van der Waals surface area contributed by atoms with E-state index in [1.54, 1.807) is 6.92 Å². The number of anilines is 3. The molecule has 110 valence electrons. The molecule has 0 radical (unpaired) electrons. The first-order valence-corrected chi connectivity index (χ1v) is 6.96. The van der Waals surface area contributed by atoms with Crippen LogP contribution in [0.1, 0.15) is 18.1 Å². The van der Waals surface area contributed by atoms with Crippen LogP contribution in [0.15, 0.2) is 42.5 Å². The van der Waals surface area contributed by atoms with Crippen molar-refractivity contribution in [1.29, 1.82) is 0 Å². The minimum Gasteiger partial charge on any atom is -0.450 e. The van der Waals surface area contributed by atoms with E-state index < -0.39 is 6.09 Å². The number of hydrogen-bond donors (Lipinski definition) is 2. The Kier molecular flexibility index (Phi) is 4.82. The quantitative estimate of drug-likeness (QED) is 0.861. The highest BCUT2D eigenvalue weighted by Crippen LogP contribution is 2.22. The third-order valence-electron chi connectivity index (χ3n) is 3.07. The fraction of sp³-hybridized carbons (Fsp3) is 0.235. The Morgan fingerprint density at radius 2 is 1.71 bits per heavy atom. The molecule has 0 fully saturated rings. The molecule has 1 amide bonds. The lowest BCUT2D eigenvalue weighted by Crippen LogP contribution is -2.13. The minimum atomic E-state index is -0.437.